The predicted molar refractivity (Wildman–Crippen MR) is 55.3 cm³/mol. The van der Waals surface area contributed by atoms with Crippen LogP contribution in [0.2, 0.25) is 0 Å². The van der Waals surface area contributed by atoms with Gasteiger partial charge in [0.2, 0.25) is 0 Å². The number of nitrogens with zero attached hydrogens (tertiary/aromatic N) is 1. The van der Waals surface area contributed by atoms with E-state index in [0.717, 1.165) is 12.5 Å². The standard InChI is InChI=1S/C11H19NO2/c1-7(9-10(13)14-9)5-12-6-11(3)4-8(11)2/h6-10,13H,4-5H2,1-3H3/t7-,8+,9-,10-,11?/m0/s1. The molecule has 1 aliphatic heterocycles. The van der Waals surface area contributed by atoms with E-state index in [1.165, 1.54) is 6.42 Å². The fourth-order valence-electron chi connectivity index (χ4n) is 1.84. The Labute approximate surface area is 85.2 Å². The smallest absolute Gasteiger partial charge is 0.182 e. The third-order valence-corrected chi connectivity index (χ3v) is 3.55. The summed E-state index contributed by atoms with van der Waals surface area (Å²) in [7, 11) is 0. The van der Waals surface area contributed by atoms with E-state index in [4.69, 9.17) is 9.84 Å². The highest BCUT2D eigenvalue weighted by atomic mass is 16.7. The molecule has 0 aromatic heterocycles. The number of ether oxygens (including phenoxy) is 1. The Hall–Kier alpha value is -0.410. The Balaban J connectivity index is 1.72. The number of rotatable bonds is 4. The molecule has 5 atom stereocenters. The molecule has 2 aliphatic rings. The quantitative estimate of drug-likeness (QED) is 0.547. The lowest BCUT2D eigenvalue weighted by Gasteiger charge is -2.04. The minimum Gasteiger partial charge on any atom is -0.366 e. The van der Waals surface area contributed by atoms with Gasteiger partial charge in [0.15, 0.2) is 6.29 Å². The molecule has 1 heterocycles. The van der Waals surface area contributed by atoms with Gasteiger partial charge in [-0.1, -0.05) is 20.8 Å². The summed E-state index contributed by atoms with van der Waals surface area (Å²) in [5, 5.41) is 9.04. The van der Waals surface area contributed by atoms with Gasteiger partial charge in [-0.25, -0.2) is 0 Å². The first-order valence-corrected chi connectivity index (χ1v) is 5.37. The van der Waals surface area contributed by atoms with Crippen molar-refractivity contribution in [3.8, 4) is 0 Å². The molecule has 1 N–H and O–H groups in total. The van der Waals surface area contributed by atoms with Gasteiger partial charge in [-0.2, -0.15) is 0 Å². The molecule has 0 aromatic rings. The third-order valence-electron chi connectivity index (χ3n) is 3.55. The van der Waals surface area contributed by atoms with Gasteiger partial charge in [0.25, 0.3) is 0 Å². The first-order valence-electron chi connectivity index (χ1n) is 5.37. The lowest BCUT2D eigenvalue weighted by molar-refractivity contribution is 0.155. The predicted octanol–water partition coefficient (Wildman–Crippen LogP) is 1.46. The van der Waals surface area contributed by atoms with Gasteiger partial charge in [0.1, 0.15) is 6.10 Å². The van der Waals surface area contributed by atoms with Crippen LogP contribution in [-0.4, -0.2) is 30.3 Å². The minimum absolute atomic E-state index is 0.0246. The van der Waals surface area contributed by atoms with Crippen LogP contribution in [0.1, 0.15) is 27.2 Å². The summed E-state index contributed by atoms with van der Waals surface area (Å²) >= 11 is 0. The average molecular weight is 197 g/mol. The molecule has 0 spiro atoms. The molecule has 2 fully saturated rings. The normalized spacial score (nSPS) is 48.1. The zero-order chi connectivity index (χ0) is 10.3. The Morgan fingerprint density at radius 3 is 2.71 bits per heavy atom. The summed E-state index contributed by atoms with van der Waals surface area (Å²) < 4.78 is 4.98. The maximum Gasteiger partial charge on any atom is 0.182 e. The number of hydrogen-bond acceptors (Lipinski definition) is 3. The number of aliphatic hydroxyl groups is 1. The second kappa shape index (κ2) is 3.31. The molecule has 14 heavy (non-hydrogen) atoms. The van der Waals surface area contributed by atoms with Crippen LogP contribution in [0.15, 0.2) is 4.99 Å². The van der Waals surface area contributed by atoms with Crippen LogP contribution in [0.25, 0.3) is 0 Å². The van der Waals surface area contributed by atoms with Gasteiger partial charge in [-0.15, -0.1) is 0 Å². The van der Waals surface area contributed by atoms with Gasteiger partial charge in [-0.3, -0.25) is 4.99 Å². The zero-order valence-electron chi connectivity index (χ0n) is 9.10. The van der Waals surface area contributed by atoms with Crippen molar-refractivity contribution in [2.75, 3.05) is 6.54 Å². The maximum absolute atomic E-state index is 9.04. The lowest BCUT2D eigenvalue weighted by Crippen LogP contribution is -2.11. The third kappa shape index (κ3) is 1.98. The van der Waals surface area contributed by atoms with Crippen LogP contribution in [0.4, 0.5) is 0 Å². The Kier molecular flexibility index (Phi) is 2.40. The van der Waals surface area contributed by atoms with E-state index >= 15 is 0 Å². The van der Waals surface area contributed by atoms with E-state index in [1.54, 1.807) is 0 Å². The van der Waals surface area contributed by atoms with Crippen molar-refractivity contribution in [3.05, 3.63) is 0 Å². The molecule has 2 rings (SSSR count). The highest BCUT2D eigenvalue weighted by molar-refractivity contribution is 5.69. The van der Waals surface area contributed by atoms with Gasteiger partial charge >= 0.3 is 0 Å². The van der Waals surface area contributed by atoms with Crippen LogP contribution in [0.3, 0.4) is 0 Å². The van der Waals surface area contributed by atoms with Crippen LogP contribution in [0, 0.1) is 17.3 Å². The fourth-order valence-corrected chi connectivity index (χ4v) is 1.84. The van der Waals surface area contributed by atoms with Crippen LogP contribution < -0.4 is 0 Å². The lowest BCUT2D eigenvalue weighted by atomic mass is 10.1. The largest absolute Gasteiger partial charge is 0.366 e. The van der Waals surface area contributed by atoms with E-state index in [0.29, 0.717) is 11.3 Å². The van der Waals surface area contributed by atoms with E-state index in [2.05, 4.69) is 32.0 Å². The molecule has 3 nitrogen and oxygen atoms in total. The molecule has 1 saturated heterocycles. The number of aliphatic hydroxyl groups excluding tert-OH is 1. The summed E-state index contributed by atoms with van der Waals surface area (Å²) in [6.07, 6.45) is 2.84. The summed E-state index contributed by atoms with van der Waals surface area (Å²) in [6, 6.07) is 0. The molecule has 3 heteroatoms. The highest BCUT2D eigenvalue weighted by Crippen LogP contribution is 2.50. The van der Waals surface area contributed by atoms with Crippen molar-refractivity contribution in [1.29, 1.82) is 0 Å². The van der Waals surface area contributed by atoms with Crippen LogP contribution in [-0.2, 0) is 4.74 Å². The Bertz CT molecular complexity index is 254. The van der Waals surface area contributed by atoms with E-state index in [-0.39, 0.29) is 6.10 Å². The molecule has 0 bridgehead atoms. The second-order valence-electron chi connectivity index (χ2n) is 5.07. The molecule has 80 valence electrons. The fraction of sp³-hybridized carbons (Fsp3) is 0.909. The van der Waals surface area contributed by atoms with Gasteiger partial charge in [0.05, 0.1) is 0 Å². The van der Waals surface area contributed by atoms with Crippen LogP contribution >= 0.6 is 0 Å². The van der Waals surface area contributed by atoms with Crippen molar-refractivity contribution in [3.63, 3.8) is 0 Å². The topological polar surface area (TPSA) is 45.1 Å². The molecular formula is C11H19NO2. The number of epoxide rings is 1. The van der Waals surface area contributed by atoms with Gasteiger partial charge in [0, 0.05) is 24.1 Å². The molecule has 0 amide bonds. The minimum atomic E-state index is -0.532. The molecule has 1 unspecified atom stereocenters. The highest BCUT2D eigenvalue weighted by Gasteiger charge is 2.45. The van der Waals surface area contributed by atoms with E-state index in [9.17, 15) is 0 Å². The summed E-state index contributed by atoms with van der Waals surface area (Å²) in [5.41, 5.74) is 0.350. The van der Waals surface area contributed by atoms with Gasteiger partial charge in [-0.05, 0) is 12.3 Å². The van der Waals surface area contributed by atoms with E-state index in [1.807, 2.05) is 0 Å². The van der Waals surface area contributed by atoms with Crippen molar-refractivity contribution in [1.82, 2.24) is 0 Å². The molecular weight excluding hydrogens is 178 g/mol. The Morgan fingerprint density at radius 2 is 2.29 bits per heavy atom. The summed E-state index contributed by atoms with van der Waals surface area (Å²) in [5.74, 6) is 1.11. The molecule has 1 saturated carbocycles. The molecule has 0 radical (unpaired) electrons. The first kappa shape index (κ1) is 10.1. The van der Waals surface area contributed by atoms with E-state index < -0.39 is 6.29 Å². The second-order valence-corrected chi connectivity index (χ2v) is 5.07. The van der Waals surface area contributed by atoms with Crippen molar-refractivity contribution in [2.24, 2.45) is 22.2 Å². The Morgan fingerprint density at radius 1 is 1.71 bits per heavy atom. The maximum atomic E-state index is 9.04. The zero-order valence-corrected chi connectivity index (χ0v) is 9.10. The summed E-state index contributed by atoms with van der Waals surface area (Å²) in [6.45, 7) is 7.33. The van der Waals surface area contributed by atoms with Crippen molar-refractivity contribution >= 4 is 6.21 Å². The first-order chi connectivity index (χ1) is 6.53. The van der Waals surface area contributed by atoms with Crippen molar-refractivity contribution in [2.45, 2.75) is 39.6 Å². The summed E-state index contributed by atoms with van der Waals surface area (Å²) in [4.78, 5) is 4.44. The molecule has 0 aromatic carbocycles. The number of hydrogen-bond donors (Lipinski definition) is 1. The monoisotopic (exact) mass is 197 g/mol. The van der Waals surface area contributed by atoms with Crippen LogP contribution in [0.5, 0.6) is 0 Å². The molecule has 1 aliphatic carbocycles. The van der Waals surface area contributed by atoms with Crippen molar-refractivity contribution < 1.29 is 9.84 Å². The van der Waals surface area contributed by atoms with Gasteiger partial charge < -0.3 is 9.84 Å². The average Bonchev–Trinajstić information content (AvgIpc) is 2.94. The number of aliphatic imine (C=N–C) groups is 1. The SMILES string of the molecule is C[C@@H]1CC1(C)C=NC[C@H](C)[C@@H]1O[C@@H]1O.